The van der Waals surface area contributed by atoms with Gasteiger partial charge in [0.1, 0.15) is 11.5 Å². The molecule has 0 aliphatic carbocycles. The van der Waals surface area contributed by atoms with E-state index in [4.69, 9.17) is 4.74 Å². The van der Waals surface area contributed by atoms with Crippen molar-refractivity contribution in [3.63, 3.8) is 0 Å². The Morgan fingerprint density at radius 2 is 1.82 bits per heavy atom. The fourth-order valence-corrected chi connectivity index (χ4v) is 4.17. The number of hydrogen-bond donors (Lipinski definition) is 1. The Hall–Kier alpha value is -3.72. The predicted octanol–water partition coefficient (Wildman–Crippen LogP) is 3.76. The number of aliphatic hydroxyl groups excluding tert-OH is 1. The Morgan fingerprint density at radius 3 is 2.41 bits per heavy atom. The van der Waals surface area contributed by atoms with Crippen LogP contribution in [0.2, 0.25) is 0 Å². The van der Waals surface area contributed by atoms with E-state index in [0.29, 0.717) is 23.3 Å². The lowest BCUT2D eigenvalue weighted by molar-refractivity contribution is -0.384. The van der Waals surface area contributed by atoms with Gasteiger partial charge in [0, 0.05) is 24.2 Å². The second-order valence-electron chi connectivity index (χ2n) is 7.95. The average molecular weight is 468 g/mol. The number of nitro groups is 1. The largest absolute Gasteiger partial charge is 0.507 e. The molecule has 1 saturated heterocycles. The molecule has 1 heterocycles. The number of nitrogens with zero attached hydrogens (tertiary/aromatic N) is 3. The first kappa shape index (κ1) is 24.9. The van der Waals surface area contributed by atoms with Gasteiger partial charge in [-0.3, -0.25) is 19.7 Å². The molecule has 34 heavy (non-hydrogen) atoms. The molecule has 2 aromatic carbocycles. The molecule has 1 amide bonds. The molecule has 0 saturated carbocycles. The molecule has 3 rings (SSSR count). The number of carbonyl (C=O) groups excluding carboxylic acids is 2. The van der Waals surface area contributed by atoms with Crippen LogP contribution < -0.4 is 4.74 Å². The standard InChI is InChI=1S/C25H29N3O6/c1-4-26(5-2)14-7-15-27-22(18-8-6-9-19(16-18)28(32)33)21(24(30)25(27)31)23(29)17-10-12-20(34-3)13-11-17/h6,8-13,16,22,29H,4-5,7,14-15H2,1-3H3/b23-21+/t22-/m1/s1. The van der Waals surface area contributed by atoms with Gasteiger partial charge in [0.05, 0.1) is 23.6 Å². The molecule has 1 atom stereocenters. The zero-order valence-corrected chi connectivity index (χ0v) is 19.6. The van der Waals surface area contributed by atoms with Crippen molar-refractivity contribution < 1.29 is 24.4 Å². The summed E-state index contributed by atoms with van der Waals surface area (Å²) < 4.78 is 5.14. The topological polar surface area (TPSA) is 113 Å². The molecule has 0 aromatic heterocycles. The Labute approximate surface area is 198 Å². The quantitative estimate of drug-likeness (QED) is 0.186. The normalized spacial score (nSPS) is 17.4. The van der Waals surface area contributed by atoms with Crippen molar-refractivity contribution in [1.82, 2.24) is 9.80 Å². The molecule has 0 unspecified atom stereocenters. The maximum absolute atomic E-state index is 13.1. The Kier molecular flexibility index (Phi) is 8.01. The molecule has 2 aromatic rings. The zero-order chi connectivity index (χ0) is 24.8. The number of ether oxygens (including phenoxy) is 1. The fourth-order valence-electron chi connectivity index (χ4n) is 4.17. The Morgan fingerprint density at radius 1 is 1.15 bits per heavy atom. The molecule has 0 radical (unpaired) electrons. The summed E-state index contributed by atoms with van der Waals surface area (Å²) in [4.78, 5) is 40.6. The third kappa shape index (κ3) is 5.09. The van der Waals surface area contributed by atoms with Crippen LogP contribution in [0.25, 0.3) is 5.76 Å². The number of methoxy groups -OCH3 is 1. The Bertz CT molecular complexity index is 1090. The van der Waals surface area contributed by atoms with Crippen molar-refractivity contribution in [3.8, 4) is 5.75 Å². The minimum atomic E-state index is -0.932. The molecule has 0 bridgehead atoms. The van der Waals surface area contributed by atoms with Gasteiger partial charge in [-0.05, 0) is 55.9 Å². The molecule has 9 heteroatoms. The van der Waals surface area contributed by atoms with E-state index >= 15 is 0 Å². The van der Waals surface area contributed by atoms with E-state index in [1.165, 1.54) is 30.2 Å². The van der Waals surface area contributed by atoms with Crippen molar-refractivity contribution in [1.29, 1.82) is 0 Å². The van der Waals surface area contributed by atoms with Crippen molar-refractivity contribution >= 4 is 23.1 Å². The van der Waals surface area contributed by atoms with Gasteiger partial charge in [-0.1, -0.05) is 26.0 Å². The van der Waals surface area contributed by atoms with Gasteiger partial charge in [0.15, 0.2) is 0 Å². The molecule has 1 aliphatic rings. The highest BCUT2D eigenvalue weighted by Crippen LogP contribution is 2.40. The molecule has 1 aliphatic heterocycles. The second kappa shape index (κ2) is 10.9. The monoisotopic (exact) mass is 467 g/mol. The van der Waals surface area contributed by atoms with Gasteiger partial charge in [-0.2, -0.15) is 0 Å². The highest BCUT2D eigenvalue weighted by molar-refractivity contribution is 6.46. The number of hydrogen-bond acceptors (Lipinski definition) is 7. The third-order valence-electron chi connectivity index (χ3n) is 6.07. The lowest BCUT2D eigenvalue weighted by Gasteiger charge is -2.26. The molecular weight excluding hydrogens is 438 g/mol. The molecular formula is C25H29N3O6. The number of likely N-dealkylation sites (tertiary alicyclic amines) is 1. The smallest absolute Gasteiger partial charge is 0.295 e. The SMILES string of the molecule is CCN(CC)CCCN1C(=O)C(=O)/C(=C(/O)c2ccc(OC)cc2)[C@H]1c1cccc([N+](=O)[O-])c1. The number of rotatable bonds is 10. The number of ketones is 1. The van der Waals surface area contributed by atoms with Crippen LogP contribution >= 0.6 is 0 Å². The Balaban J connectivity index is 2.07. The molecule has 1 N–H and O–H groups in total. The van der Waals surface area contributed by atoms with Crippen LogP contribution in [0.1, 0.15) is 37.4 Å². The highest BCUT2D eigenvalue weighted by atomic mass is 16.6. The van der Waals surface area contributed by atoms with E-state index in [-0.39, 0.29) is 23.6 Å². The summed E-state index contributed by atoms with van der Waals surface area (Å²) in [5, 5.41) is 22.5. The maximum atomic E-state index is 13.1. The van der Waals surface area contributed by atoms with Gasteiger partial charge >= 0.3 is 0 Å². The van der Waals surface area contributed by atoms with Gasteiger partial charge in [-0.25, -0.2) is 0 Å². The van der Waals surface area contributed by atoms with E-state index in [2.05, 4.69) is 4.90 Å². The minimum Gasteiger partial charge on any atom is -0.507 e. The van der Waals surface area contributed by atoms with Crippen LogP contribution in [0, 0.1) is 10.1 Å². The van der Waals surface area contributed by atoms with E-state index in [1.54, 1.807) is 30.3 Å². The number of non-ortho nitro benzene ring substituents is 1. The van der Waals surface area contributed by atoms with Crippen LogP contribution in [-0.4, -0.2) is 64.8 Å². The number of Topliss-reactive ketones (excluding diaryl/α,β-unsaturated/α-hetero) is 1. The number of benzene rings is 2. The van der Waals surface area contributed by atoms with Gasteiger partial charge in [0.25, 0.3) is 17.4 Å². The number of carbonyl (C=O) groups is 2. The fraction of sp³-hybridized carbons (Fsp3) is 0.360. The summed E-state index contributed by atoms with van der Waals surface area (Å²) in [6.45, 7) is 6.83. The second-order valence-corrected chi connectivity index (χ2v) is 7.95. The molecule has 0 spiro atoms. The van der Waals surface area contributed by atoms with Crippen LogP contribution in [-0.2, 0) is 9.59 Å². The summed E-state index contributed by atoms with van der Waals surface area (Å²) in [6.07, 6.45) is 0.614. The highest BCUT2D eigenvalue weighted by Gasteiger charge is 2.46. The first-order valence-electron chi connectivity index (χ1n) is 11.2. The molecule has 9 nitrogen and oxygen atoms in total. The summed E-state index contributed by atoms with van der Waals surface area (Å²) in [5.74, 6) is -1.30. The maximum Gasteiger partial charge on any atom is 0.295 e. The first-order chi connectivity index (χ1) is 16.3. The van der Waals surface area contributed by atoms with Crippen molar-refractivity contribution in [2.75, 3.05) is 33.3 Å². The van der Waals surface area contributed by atoms with Gasteiger partial charge < -0.3 is 19.6 Å². The number of amides is 1. The first-order valence-corrected chi connectivity index (χ1v) is 11.2. The van der Waals surface area contributed by atoms with Crippen molar-refractivity contribution in [3.05, 3.63) is 75.3 Å². The number of aliphatic hydroxyl groups is 1. The van der Waals surface area contributed by atoms with Crippen LogP contribution in [0.3, 0.4) is 0 Å². The van der Waals surface area contributed by atoms with E-state index in [9.17, 15) is 24.8 Å². The summed E-state index contributed by atoms with van der Waals surface area (Å²) >= 11 is 0. The zero-order valence-electron chi connectivity index (χ0n) is 19.6. The van der Waals surface area contributed by atoms with E-state index in [0.717, 1.165) is 19.6 Å². The van der Waals surface area contributed by atoms with Crippen LogP contribution in [0.4, 0.5) is 5.69 Å². The van der Waals surface area contributed by atoms with Gasteiger partial charge in [-0.15, -0.1) is 0 Å². The molecule has 180 valence electrons. The lowest BCUT2D eigenvalue weighted by Crippen LogP contribution is -2.33. The van der Waals surface area contributed by atoms with Gasteiger partial charge in [0.2, 0.25) is 0 Å². The summed E-state index contributed by atoms with van der Waals surface area (Å²) in [7, 11) is 1.51. The van der Waals surface area contributed by atoms with Crippen molar-refractivity contribution in [2.24, 2.45) is 0 Å². The minimum absolute atomic E-state index is 0.0847. The summed E-state index contributed by atoms with van der Waals surface area (Å²) in [5.41, 5.74) is 0.498. The third-order valence-corrected chi connectivity index (χ3v) is 6.07. The van der Waals surface area contributed by atoms with E-state index < -0.39 is 22.7 Å². The van der Waals surface area contributed by atoms with E-state index in [1.807, 2.05) is 13.8 Å². The summed E-state index contributed by atoms with van der Waals surface area (Å²) in [6, 6.07) is 11.3. The lowest BCUT2D eigenvalue weighted by atomic mass is 9.95. The van der Waals surface area contributed by atoms with Crippen molar-refractivity contribution in [2.45, 2.75) is 26.3 Å². The predicted molar refractivity (Wildman–Crippen MR) is 128 cm³/mol. The number of nitro benzene ring substituents is 1. The van der Waals surface area contributed by atoms with Crippen LogP contribution in [0.15, 0.2) is 54.1 Å². The van der Waals surface area contributed by atoms with Crippen LogP contribution in [0.5, 0.6) is 5.75 Å². The average Bonchev–Trinajstić information content (AvgIpc) is 3.11. The molecule has 1 fully saturated rings.